The van der Waals surface area contributed by atoms with E-state index in [4.69, 9.17) is 5.26 Å². The monoisotopic (exact) mass is 235 g/mol. The molecule has 16 heavy (non-hydrogen) atoms. The predicted octanol–water partition coefficient (Wildman–Crippen LogP) is 2.12. The van der Waals surface area contributed by atoms with Crippen LogP contribution in [0.2, 0.25) is 0 Å². The van der Waals surface area contributed by atoms with Crippen molar-refractivity contribution in [3.05, 3.63) is 28.8 Å². The molecule has 0 saturated carbocycles. The van der Waals surface area contributed by atoms with E-state index in [1.54, 1.807) is 6.07 Å². The maximum atomic E-state index is 11.2. The largest absolute Gasteiger partial charge is 0.469 e. The van der Waals surface area contributed by atoms with Crippen LogP contribution in [0, 0.1) is 11.3 Å². The highest BCUT2D eigenvalue weighted by atomic mass is 32.1. The molecule has 4 heteroatoms. The number of carbonyl (C=O) groups excluding carboxylic acids is 1. The normalized spacial score (nSPS) is 9.62. The van der Waals surface area contributed by atoms with Gasteiger partial charge in [0, 0.05) is 4.90 Å². The summed E-state index contributed by atoms with van der Waals surface area (Å²) in [6, 6.07) is 5.67. The van der Waals surface area contributed by atoms with Crippen LogP contribution in [-0.4, -0.2) is 13.1 Å². The van der Waals surface area contributed by atoms with Crippen LogP contribution in [0.4, 0.5) is 0 Å². The molecule has 0 N–H and O–H groups in total. The van der Waals surface area contributed by atoms with Gasteiger partial charge in [0.15, 0.2) is 0 Å². The summed E-state index contributed by atoms with van der Waals surface area (Å²) in [7, 11) is 1.35. The SMILES string of the molecule is CCc1c(CC(=O)OC)ccc(S)c1C#N. The van der Waals surface area contributed by atoms with E-state index in [-0.39, 0.29) is 12.4 Å². The smallest absolute Gasteiger partial charge is 0.309 e. The lowest BCUT2D eigenvalue weighted by Gasteiger charge is -2.10. The lowest BCUT2D eigenvalue weighted by Crippen LogP contribution is -2.08. The van der Waals surface area contributed by atoms with Crippen molar-refractivity contribution in [1.82, 2.24) is 0 Å². The van der Waals surface area contributed by atoms with Crippen molar-refractivity contribution < 1.29 is 9.53 Å². The molecule has 0 radical (unpaired) electrons. The highest BCUT2D eigenvalue weighted by Crippen LogP contribution is 2.22. The summed E-state index contributed by atoms with van der Waals surface area (Å²) < 4.78 is 4.62. The molecule has 0 spiro atoms. The van der Waals surface area contributed by atoms with E-state index in [1.165, 1.54) is 7.11 Å². The Morgan fingerprint density at radius 1 is 1.56 bits per heavy atom. The van der Waals surface area contributed by atoms with Gasteiger partial charge in [0.2, 0.25) is 0 Å². The Labute approximate surface area is 100 Å². The second-order valence-electron chi connectivity index (χ2n) is 3.32. The van der Waals surface area contributed by atoms with E-state index in [1.807, 2.05) is 13.0 Å². The molecule has 0 fully saturated rings. The molecule has 0 aliphatic carbocycles. The van der Waals surface area contributed by atoms with Gasteiger partial charge in [-0.25, -0.2) is 0 Å². The van der Waals surface area contributed by atoms with Crippen LogP contribution >= 0.6 is 12.6 Å². The minimum absolute atomic E-state index is 0.197. The first kappa shape index (κ1) is 12.6. The summed E-state index contributed by atoms with van der Waals surface area (Å²) in [4.78, 5) is 11.9. The molecule has 0 aromatic heterocycles. The van der Waals surface area contributed by atoms with Gasteiger partial charge in [-0.05, 0) is 23.6 Å². The molecule has 0 unspecified atom stereocenters. The lowest BCUT2D eigenvalue weighted by atomic mass is 9.97. The Balaban J connectivity index is 3.21. The molecule has 84 valence electrons. The average Bonchev–Trinajstić information content (AvgIpc) is 2.30. The number of nitrogens with zero attached hydrogens (tertiary/aromatic N) is 1. The Morgan fingerprint density at radius 2 is 2.25 bits per heavy atom. The summed E-state index contributed by atoms with van der Waals surface area (Å²) in [5, 5.41) is 9.03. The van der Waals surface area contributed by atoms with Gasteiger partial charge in [-0.15, -0.1) is 12.6 Å². The summed E-state index contributed by atoms with van der Waals surface area (Å²) >= 11 is 4.22. The van der Waals surface area contributed by atoms with Crippen molar-refractivity contribution in [2.75, 3.05) is 7.11 Å². The standard InChI is InChI=1S/C12H13NO2S/c1-3-9-8(6-12(14)15-2)4-5-11(16)10(9)7-13/h4-5,16H,3,6H2,1-2H3. The molecular formula is C12H13NO2S. The molecule has 1 rings (SSSR count). The molecule has 0 atom stereocenters. The topological polar surface area (TPSA) is 50.1 Å². The van der Waals surface area contributed by atoms with Gasteiger partial charge < -0.3 is 4.74 Å². The second kappa shape index (κ2) is 5.57. The number of thiol groups is 1. The molecule has 3 nitrogen and oxygen atoms in total. The summed E-state index contributed by atoms with van der Waals surface area (Å²) in [5.41, 5.74) is 2.26. The predicted molar refractivity (Wildman–Crippen MR) is 63.5 cm³/mol. The number of hydrogen-bond donors (Lipinski definition) is 1. The number of rotatable bonds is 3. The number of methoxy groups -OCH3 is 1. The van der Waals surface area contributed by atoms with Crippen LogP contribution in [0.3, 0.4) is 0 Å². The Bertz CT molecular complexity index is 449. The summed E-state index contributed by atoms with van der Waals surface area (Å²) in [6.07, 6.45) is 0.895. The Hall–Kier alpha value is -1.47. The van der Waals surface area contributed by atoms with E-state index in [9.17, 15) is 4.79 Å². The zero-order chi connectivity index (χ0) is 12.1. The molecule has 0 aliphatic heterocycles. The van der Waals surface area contributed by atoms with Crippen LogP contribution in [0.1, 0.15) is 23.6 Å². The van der Waals surface area contributed by atoms with Crippen molar-refractivity contribution >= 4 is 18.6 Å². The molecule has 0 saturated heterocycles. The minimum atomic E-state index is -0.300. The molecule has 0 amide bonds. The number of ether oxygens (including phenoxy) is 1. The highest BCUT2D eigenvalue weighted by molar-refractivity contribution is 7.80. The van der Waals surface area contributed by atoms with Crippen LogP contribution in [0.25, 0.3) is 0 Å². The highest BCUT2D eigenvalue weighted by Gasteiger charge is 2.12. The first-order valence-electron chi connectivity index (χ1n) is 4.94. The second-order valence-corrected chi connectivity index (χ2v) is 3.80. The molecule has 0 heterocycles. The Morgan fingerprint density at radius 3 is 2.75 bits per heavy atom. The zero-order valence-electron chi connectivity index (χ0n) is 9.28. The summed E-state index contributed by atoms with van der Waals surface area (Å²) in [6.45, 7) is 1.95. The molecule has 1 aromatic carbocycles. The van der Waals surface area contributed by atoms with Gasteiger partial charge in [-0.3, -0.25) is 4.79 Å². The molecule has 1 aromatic rings. The molecule has 0 aliphatic rings. The van der Waals surface area contributed by atoms with Crippen LogP contribution in [-0.2, 0) is 22.4 Å². The third-order valence-electron chi connectivity index (χ3n) is 2.42. The number of benzene rings is 1. The number of carbonyl (C=O) groups is 1. The van der Waals surface area contributed by atoms with Crippen LogP contribution in [0.15, 0.2) is 17.0 Å². The lowest BCUT2D eigenvalue weighted by molar-refractivity contribution is -0.139. The zero-order valence-corrected chi connectivity index (χ0v) is 10.2. The van der Waals surface area contributed by atoms with Crippen LogP contribution in [0.5, 0.6) is 0 Å². The van der Waals surface area contributed by atoms with E-state index in [0.717, 1.165) is 11.1 Å². The first-order valence-corrected chi connectivity index (χ1v) is 5.39. The maximum absolute atomic E-state index is 11.2. The van der Waals surface area contributed by atoms with E-state index in [2.05, 4.69) is 23.4 Å². The minimum Gasteiger partial charge on any atom is -0.469 e. The van der Waals surface area contributed by atoms with Gasteiger partial charge in [0.05, 0.1) is 19.1 Å². The van der Waals surface area contributed by atoms with Gasteiger partial charge in [-0.2, -0.15) is 5.26 Å². The fraction of sp³-hybridized carbons (Fsp3) is 0.333. The summed E-state index contributed by atoms with van der Waals surface area (Å²) in [5.74, 6) is -0.300. The van der Waals surface area contributed by atoms with E-state index >= 15 is 0 Å². The fourth-order valence-electron chi connectivity index (χ4n) is 1.60. The molecule has 0 bridgehead atoms. The van der Waals surface area contributed by atoms with Gasteiger partial charge in [0.1, 0.15) is 6.07 Å². The van der Waals surface area contributed by atoms with Gasteiger partial charge in [0.25, 0.3) is 0 Å². The fourth-order valence-corrected chi connectivity index (χ4v) is 1.86. The van der Waals surface area contributed by atoms with Crippen molar-refractivity contribution in [2.45, 2.75) is 24.7 Å². The van der Waals surface area contributed by atoms with Gasteiger partial charge >= 0.3 is 5.97 Å². The maximum Gasteiger partial charge on any atom is 0.309 e. The number of nitriles is 1. The first-order chi connectivity index (χ1) is 7.63. The Kier molecular flexibility index (Phi) is 4.39. The van der Waals surface area contributed by atoms with Crippen molar-refractivity contribution in [3.8, 4) is 6.07 Å². The third-order valence-corrected chi connectivity index (χ3v) is 2.79. The molecular weight excluding hydrogens is 222 g/mol. The average molecular weight is 235 g/mol. The van der Waals surface area contributed by atoms with Crippen molar-refractivity contribution in [3.63, 3.8) is 0 Å². The number of esters is 1. The quantitative estimate of drug-likeness (QED) is 0.645. The third kappa shape index (κ3) is 2.56. The van der Waals surface area contributed by atoms with Gasteiger partial charge in [-0.1, -0.05) is 13.0 Å². The van der Waals surface area contributed by atoms with Crippen molar-refractivity contribution in [2.24, 2.45) is 0 Å². The van der Waals surface area contributed by atoms with Crippen LogP contribution < -0.4 is 0 Å². The van der Waals surface area contributed by atoms with E-state index < -0.39 is 0 Å². The number of hydrogen-bond acceptors (Lipinski definition) is 4. The van der Waals surface area contributed by atoms with Crippen molar-refractivity contribution in [1.29, 1.82) is 5.26 Å². The van der Waals surface area contributed by atoms with E-state index in [0.29, 0.717) is 16.9 Å².